The zero-order chi connectivity index (χ0) is 24.9. The molecule has 14 heteroatoms. The standard InChI is InChI=1S/C20H20Cl2N6O4S2/c1-3-32-19(29)16-18(26-17(25-16)12-8-14(21)24-15(22)9-12)27-20(33)23-10-11-4-6-13(7-5-11)28-34(2,30)31/h4-9,28H,3,10H2,1-2H3,(H,25,26)(H2,23,27,33). The van der Waals surface area contributed by atoms with E-state index in [0.717, 1.165) is 11.8 Å². The molecule has 0 amide bonds. The number of sulfonamides is 1. The van der Waals surface area contributed by atoms with Gasteiger partial charge >= 0.3 is 5.97 Å². The number of esters is 1. The van der Waals surface area contributed by atoms with Crippen LogP contribution < -0.4 is 15.4 Å². The average molecular weight is 543 g/mol. The SMILES string of the molecule is CCOC(=O)c1[nH]c(-c2cc(Cl)nc(Cl)c2)nc1NC(=S)NCc1ccc(NS(C)(=O)=O)cc1. The lowest BCUT2D eigenvalue weighted by Gasteiger charge is -2.10. The molecule has 0 spiro atoms. The van der Waals surface area contributed by atoms with Gasteiger partial charge in [0.1, 0.15) is 16.1 Å². The maximum Gasteiger partial charge on any atom is 0.358 e. The van der Waals surface area contributed by atoms with Crippen molar-refractivity contribution in [1.29, 1.82) is 0 Å². The molecule has 0 aliphatic heterocycles. The van der Waals surface area contributed by atoms with Crippen LogP contribution in [-0.4, -0.2) is 47.3 Å². The third kappa shape index (κ3) is 7.29. The molecule has 0 saturated heterocycles. The lowest BCUT2D eigenvalue weighted by Crippen LogP contribution is -2.28. The van der Waals surface area contributed by atoms with E-state index in [1.165, 1.54) is 0 Å². The van der Waals surface area contributed by atoms with E-state index in [-0.39, 0.29) is 33.5 Å². The topological polar surface area (TPSA) is 138 Å². The number of halogens is 2. The van der Waals surface area contributed by atoms with Crippen molar-refractivity contribution in [2.45, 2.75) is 13.5 Å². The number of thiocarbonyl (C=S) groups is 1. The highest BCUT2D eigenvalue weighted by molar-refractivity contribution is 7.92. The first-order valence-corrected chi connectivity index (χ1v) is 12.8. The second kappa shape index (κ2) is 11.0. The molecule has 34 heavy (non-hydrogen) atoms. The highest BCUT2D eigenvalue weighted by atomic mass is 35.5. The summed E-state index contributed by atoms with van der Waals surface area (Å²) < 4.78 is 30.1. The summed E-state index contributed by atoms with van der Waals surface area (Å²) in [4.78, 5) is 23.6. The van der Waals surface area contributed by atoms with Gasteiger partial charge in [-0.05, 0) is 49.0 Å². The molecule has 0 unspecified atom stereocenters. The Kier molecular flexibility index (Phi) is 8.31. The van der Waals surface area contributed by atoms with Crippen LogP contribution in [0.15, 0.2) is 36.4 Å². The summed E-state index contributed by atoms with van der Waals surface area (Å²) in [5, 5.41) is 6.43. The zero-order valence-corrected chi connectivity index (χ0v) is 21.1. The Morgan fingerprint density at radius 3 is 2.38 bits per heavy atom. The Morgan fingerprint density at radius 1 is 1.15 bits per heavy atom. The van der Waals surface area contributed by atoms with Gasteiger partial charge in [0.25, 0.3) is 0 Å². The second-order valence-corrected chi connectivity index (χ2v) is 9.84. The predicted octanol–water partition coefficient (Wildman–Crippen LogP) is 3.81. The summed E-state index contributed by atoms with van der Waals surface area (Å²) in [7, 11) is -3.35. The van der Waals surface area contributed by atoms with E-state index in [1.807, 2.05) is 0 Å². The third-order valence-electron chi connectivity index (χ3n) is 4.16. The van der Waals surface area contributed by atoms with E-state index in [9.17, 15) is 13.2 Å². The fraction of sp³-hybridized carbons (Fsp3) is 0.200. The molecule has 10 nitrogen and oxygen atoms in total. The Balaban J connectivity index is 1.73. The molecule has 0 radical (unpaired) electrons. The van der Waals surface area contributed by atoms with Gasteiger partial charge in [-0.15, -0.1) is 0 Å². The number of nitrogens with one attached hydrogen (secondary N) is 4. The van der Waals surface area contributed by atoms with Crippen LogP contribution in [0.1, 0.15) is 23.0 Å². The van der Waals surface area contributed by atoms with Crippen molar-refractivity contribution in [1.82, 2.24) is 20.3 Å². The molecule has 3 rings (SSSR count). The average Bonchev–Trinajstić information content (AvgIpc) is 3.15. The molecule has 0 bridgehead atoms. The van der Waals surface area contributed by atoms with E-state index in [0.29, 0.717) is 23.6 Å². The molecular weight excluding hydrogens is 523 g/mol. The number of hydrogen-bond donors (Lipinski definition) is 4. The lowest BCUT2D eigenvalue weighted by molar-refractivity contribution is 0.0521. The van der Waals surface area contributed by atoms with Gasteiger partial charge in [0.15, 0.2) is 16.6 Å². The quantitative estimate of drug-likeness (QED) is 0.190. The third-order valence-corrected chi connectivity index (χ3v) is 5.40. The fourth-order valence-electron chi connectivity index (χ4n) is 2.79. The largest absolute Gasteiger partial charge is 0.461 e. The number of ether oxygens (including phenoxy) is 1. The fourth-order valence-corrected chi connectivity index (χ4v) is 3.99. The smallest absolute Gasteiger partial charge is 0.358 e. The summed E-state index contributed by atoms with van der Waals surface area (Å²) in [5.41, 5.74) is 1.88. The van der Waals surface area contributed by atoms with Crippen LogP contribution in [0.2, 0.25) is 10.3 Å². The van der Waals surface area contributed by atoms with Gasteiger partial charge in [-0.25, -0.2) is 23.2 Å². The Bertz CT molecular complexity index is 1290. The molecule has 3 aromatic rings. The number of carbonyl (C=O) groups excluding carboxylic acids is 1. The van der Waals surface area contributed by atoms with Crippen molar-refractivity contribution in [3.05, 3.63) is 58.0 Å². The van der Waals surface area contributed by atoms with Crippen molar-refractivity contribution in [2.24, 2.45) is 0 Å². The van der Waals surface area contributed by atoms with Crippen LogP contribution >= 0.6 is 35.4 Å². The van der Waals surface area contributed by atoms with Crippen molar-refractivity contribution in [3.8, 4) is 11.4 Å². The van der Waals surface area contributed by atoms with Gasteiger partial charge in [0, 0.05) is 17.8 Å². The molecule has 0 fully saturated rings. The lowest BCUT2D eigenvalue weighted by atomic mass is 10.2. The number of nitrogens with zero attached hydrogens (tertiary/aromatic N) is 2. The van der Waals surface area contributed by atoms with Crippen molar-refractivity contribution in [2.75, 3.05) is 22.9 Å². The van der Waals surface area contributed by atoms with E-state index >= 15 is 0 Å². The number of aromatic nitrogens is 3. The van der Waals surface area contributed by atoms with Gasteiger partial charge in [-0.1, -0.05) is 35.3 Å². The number of imidazole rings is 1. The van der Waals surface area contributed by atoms with Crippen molar-refractivity contribution >= 4 is 68.0 Å². The van der Waals surface area contributed by atoms with Gasteiger partial charge in [-0.3, -0.25) is 4.72 Å². The summed E-state index contributed by atoms with van der Waals surface area (Å²) in [6, 6.07) is 9.86. The minimum absolute atomic E-state index is 0.0706. The number of H-pyrrole nitrogens is 1. The summed E-state index contributed by atoms with van der Waals surface area (Å²) in [5.74, 6) is -0.150. The monoisotopic (exact) mass is 542 g/mol. The molecule has 0 saturated carbocycles. The number of pyridine rings is 1. The van der Waals surface area contributed by atoms with E-state index in [1.54, 1.807) is 43.3 Å². The number of benzene rings is 1. The van der Waals surface area contributed by atoms with E-state index in [2.05, 4.69) is 30.3 Å². The molecule has 180 valence electrons. The second-order valence-electron chi connectivity index (χ2n) is 6.91. The Labute approximate surface area is 211 Å². The molecule has 0 aliphatic carbocycles. The van der Waals surface area contributed by atoms with Gasteiger partial charge in [0.2, 0.25) is 10.0 Å². The zero-order valence-electron chi connectivity index (χ0n) is 18.0. The Hall–Kier alpha value is -2.93. The van der Waals surface area contributed by atoms with E-state index < -0.39 is 16.0 Å². The highest BCUT2D eigenvalue weighted by Gasteiger charge is 2.21. The van der Waals surface area contributed by atoms with Crippen LogP contribution in [0.5, 0.6) is 0 Å². The van der Waals surface area contributed by atoms with Gasteiger partial charge < -0.3 is 20.4 Å². The van der Waals surface area contributed by atoms with Crippen LogP contribution in [0.3, 0.4) is 0 Å². The first-order chi connectivity index (χ1) is 16.0. The van der Waals surface area contributed by atoms with Crippen LogP contribution in [0.25, 0.3) is 11.4 Å². The van der Waals surface area contributed by atoms with Gasteiger partial charge in [-0.2, -0.15) is 0 Å². The molecule has 2 aromatic heterocycles. The predicted molar refractivity (Wildman–Crippen MR) is 136 cm³/mol. The van der Waals surface area contributed by atoms with Crippen LogP contribution in [-0.2, 0) is 21.3 Å². The minimum Gasteiger partial charge on any atom is -0.461 e. The van der Waals surface area contributed by atoms with Gasteiger partial charge in [0.05, 0.1) is 12.9 Å². The molecule has 4 N–H and O–H groups in total. The molecule has 2 heterocycles. The summed E-state index contributed by atoms with van der Waals surface area (Å²) in [6.45, 7) is 2.20. The molecule has 1 aromatic carbocycles. The molecule has 0 aliphatic rings. The number of carbonyl (C=O) groups is 1. The summed E-state index contributed by atoms with van der Waals surface area (Å²) >= 11 is 17.3. The minimum atomic E-state index is -3.35. The first-order valence-electron chi connectivity index (χ1n) is 9.76. The van der Waals surface area contributed by atoms with Crippen molar-refractivity contribution < 1.29 is 17.9 Å². The highest BCUT2D eigenvalue weighted by Crippen LogP contribution is 2.26. The summed E-state index contributed by atoms with van der Waals surface area (Å²) in [6.07, 6.45) is 1.08. The number of hydrogen-bond acceptors (Lipinski definition) is 7. The van der Waals surface area contributed by atoms with Crippen LogP contribution in [0.4, 0.5) is 11.5 Å². The maximum atomic E-state index is 12.4. The number of aromatic amines is 1. The van der Waals surface area contributed by atoms with Crippen molar-refractivity contribution in [3.63, 3.8) is 0 Å². The molecule has 0 atom stereocenters. The van der Waals surface area contributed by atoms with Crippen LogP contribution in [0, 0.1) is 0 Å². The number of anilines is 2. The Morgan fingerprint density at radius 2 is 1.79 bits per heavy atom. The molecular formula is C20H20Cl2N6O4S2. The number of rotatable bonds is 8. The normalized spacial score (nSPS) is 11.1. The maximum absolute atomic E-state index is 12.4. The van der Waals surface area contributed by atoms with E-state index in [4.69, 9.17) is 40.2 Å². The first kappa shape index (κ1) is 25.7.